The van der Waals surface area contributed by atoms with Gasteiger partial charge in [-0.1, -0.05) is 0 Å². The molecule has 1 aromatic rings. The summed E-state index contributed by atoms with van der Waals surface area (Å²) in [7, 11) is -1.12. The molecule has 2 atom stereocenters. The highest BCUT2D eigenvalue weighted by atomic mass is 32.2. The number of ether oxygens (including phenoxy) is 1. The van der Waals surface area contributed by atoms with Gasteiger partial charge in [-0.25, -0.2) is 4.39 Å². The Morgan fingerprint density at radius 3 is 3.06 bits per heavy atom. The van der Waals surface area contributed by atoms with Crippen molar-refractivity contribution in [1.82, 2.24) is 0 Å². The Kier molecular flexibility index (Phi) is 4.45. The van der Waals surface area contributed by atoms with Crippen LogP contribution in [0.4, 0.5) is 4.39 Å². The van der Waals surface area contributed by atoms with Gasteiger partial charge in [0.15, 0.2) is 0 Å². The van der Waals surface area contributed by atoms with E-state index in [-0.39, 0.29) is 11.9 Å². The third-order valence-electron chi connectivity index (χ3n) is 2.90. The number of benzene rings is 1. The standard InChI is InChI=1S/C13H14FNO2S/c14-12-4-3-10(7-15)11(6-12)8-18(16)9-13-2-1-5-17-13/h3-4,6,13H,1-2,5,8-9H2. The molecule has 18 heavy (non-hydrogen) atoms. The van der Waals surface area contributed by atoms with E-state index in [2.05, 4.69) is 0 Å². The molecule has 5 heteroatoms. The van der Waals surface area contributed by atoms with Crippen LogP contribution in [-0.4, -0.2) is 22.7 Å². The third kappa shape index (κ3) is 3.37. The van der Waals surface area contributed by atoms with Gasteiger partial charge in [-0.15, -0.1) is 0 Å². The lowest BCUT2D eigenvalue weighted by molar-refractivity contribution is 0.128. The van der Waals surface area contributed by atoms with Crippen LogP contribution in [0.5, 0.6) is 0 Å². The second-order valence-electron chi connectivity index (χ2n) is 4.30. The topological polar surface area (TPSA) is 50.1 Å². The van der Waals surface area contributed by atoms with E-state index >= 15 is 0 Å². The van der Waals surface area contributed by atoms with Gasteiger partial charge in [-0.05, 0) is 36.6 Å². The van der Waals surface area contributed by atoms with Crippen molar-refractivity contribution in [3.8, 4) is 6.07 Å². The van der Waals surface area contributed by atoms with Crippen LogP contribution < -0.4 is 0 Å². The van der Waals surface area contributed by atoms with Crippen LogP contribution in [-0.2, 0) is 21.3 Å². The van der Waals surface area contributed by atoms with Gasteiger partial charge in [0.05, 0.1) is 29.2 Å². The van der Waals surface area contributed by atoms with E-state index in [9.17, 15) is 8.60 Å². The molecule has 1 aromatic carbocycles. The van der Waals surface area contributed by atoms with Gasteiger partial charge in [0.1, 0.15) is 5.82 Å². The van der Waals surface area contributed by atoms with Crippen LogP contribution in [0.2, 0.25) is 0 Å². The lowest BCUT2D eigenvalue weighted by atomic mass is 10.1. The highest BCUT2D eigenvalue weighted by molar-refractivity contribution is 7.84. The van der Waals surface area contributed by atoms with E-state index in [4.69, 9.17) is 10.00 Å². The first-order valence-electron chi connectivity index (χ1n) is 5.84. The van der Waals surface area contributed by atoms with E-state index in [0.29, 0.717) is 16.9 Å². The quantitative estimate of drug-likeness (QED) is 0.839. The zero-order valence-electron chi connectivity index (χ0n) is 9.89. The molecule has 0 bridgehead atoms. The van der Waals surface area contributed by atoms with Crippen LogP contribution in [0.3, 0.4) is 0 Å². The molecule has 1 fully saturated rings. The minimum atomic E-state index is -1.12. The number of hydrogen-bond acceptors (Lipinski definition) is 3. The molecule has 0 amide bonds. The average Bonchev–Trinajstić information content (AvgIpc) is 2.82. The van der Waals surface area contributed by atoms with Gasteiger partial charge >= 0.3 is 0 Å². The van der Waals surface area contributed by atoms with Crippen molar-refractivity contribution in [2.45, 2.75) is 24.7 Å². The molecule has 1 aliphatic heterocycles. The number of nitrogens with zero attached hydrogens (tertiary/aromatic N) is 1. The van der Waals surface area contributed by atoms with Gasteiger partial charge in [0, 0.05) is 17.4 Å². The van der Waals surface area contributed by atoms with E-state index in [1.807, 2.05) is 6.07 Å². The van der Waals surface area contributed by atoms with Crippen molar-refractivity contribution < 1.29 is 13.3 Å². The summed E-state index contributed by atoms with van der Waals surface area (Å²) in [4.78, 5) is 0. The molecule has 0 radical (unpaired) electrons. The summed E-state index contributed by atoms with van der Waals surface area (Å²) >= 11 is 0. The summed E-state index contributed by atoms with van der Waals surface area (Å²) in [6.45, 7) is 0.727. The van der Waals surface area contributed by atoms with Crippen LogP contribution in [0, 0.1) is 17.1 Å². The van der Waals surface area contributed by atoms with Gasteiger partial charge in [-0.3, -0.25) is 4.21 Å². The van der Waals surface area contributed by atoms with Gasteiger partial charge in [0.2, 0.25) is 0 Å². The zero-order chi connectivity index (χ0) is 13.0. The predicted octanol–water partition coefficient (Wildman–Crippen LogP) is 2.13. The summed E-state index contributed by atoms with van der Waals surface area (Å²) in [6, 6.07) is 5.94. The van der Waals surface area contributed by atoms with E-state index < -0.39 is 16.6 Å². The molecule has 1 saturated heterocycles. The minimum Gasteiger partial charge on any atom is -0.377 e. The maximum atomic E-state index is 13.1. The van der Waals surface area contributed by atoms with Crippen LogP contribution >= 0.6 is 0 Å². The van der Waals surface area contributed by atoms with Crippen molar-refractivity contribution >= 4 is 10.8 Å². The predicted molar refractivity (Wildman–Crippen MR) is 66.8 cm³/mol. The number of rotatable bonds is 4. The molecule has 0 aliphatic carbocycles. The molecular formula is C13H14FNO2S. The Morgan fingerprint density at radius 1 is 1.56 bits per heavy atom. The fraction of sp³-hybridized carbons (Fsp3) is 0.462. The fourth-order valence-corrected chi connectivity index (χ4v) is 3.39. The van der Waals surface area contributed by atoms with Crippen molar-refractivity contribution in [2.75, 3.05) is 12.4 Å². The summed E-state index contributed by atoms with van der Waals surface area (Å²) in [5, 5.41) is 8.91. The van der Waals surface area contributed by atoms with Crippen LogP contribution in [0.15, 0.2) is 18.2 Å². The summed E-state index contributed by atoms with van der Waals surface area (Å²) in [5.74, 6) is 0.264. The van der Waals surface area contributed by atoms with E-state index in [1.165, 1.54) is 18.2 Å². The van der Waals surface area contributed by atoms with Crippen molar-refractivity contribution in [3.63, 3.8) is 0 Å². The Morgan fingerprint density at radius 2 is 2.39 bits per heavy atom. The molecule has 0 aromatic heterocycles. The molecule has 2 rings (SSSR count). The smallest absolute Gasteiger partial charge is 0.123 e. The van der Waals surface area contributed by atoms with E-state index in [0.717, 1.165) is 19.4 Å². The molecule has 0 spiro atoms. The highest BCUT2D eigenvalue weighted by Crippen LogP contribution is 2.17. The van der Waals surface area contributed by atoms with Crippen LogP contribution in [0.25, 0.3) is 0 Å². The summed E-state index contributed by atoms with van der Waals surface area (Å²) in [5.41, 5.74) is 0.894. The normalized spacial score (nSPS) is 20.6. The lowest BCUT2D eigenvalue weighted by Gasteiger charge is -2.09. The third-order valence-corrected chi connectivity index (χ3v) is 4.28. The Hall–Kier alpha value is -1.25. The Labute approximate surface area is 108 Å². The highest BCUT2D eigenvalue weighted by Gasteiger charge is 2.19. The number of halogens is 1. The average molecular weight is 267 g/mol. The minimum absolute atomic E-state index is 0.0462. The van der Waals surface area contributed by atoms with Crippen molar-refractivity contribution in [3.05, 3.63) is 35.1 Å². The van der Waals surface area contributed by atoms with Crippen molar-refractivity contribution in [2.24, 2.45) is 0 Å². The molecule has 1 aliphatic rings. The molecule has 0 saturated carbocycles. The zero-order valence-corrected chi connectivity index (χ0v) is 10.7. The Balaban J connectivity index is 2.02. The van der Waals surface area contributed by atoms with Crippen LogP contribution in [0.1, 0.15) is 24.0 Å². The fourth-order valence-electron chi connectivity index (χ4n) is 2.01. The van der Waals surface area contributed by atoms with Gasteiger partial charge < -0.3 is 4.74 Å². The first-order valence-corrected chi connectivity index (χ1v) is 7.33. The second-order valence-corrected chi connectivity index (χ2v) is 5.80. The number of hydrogen-bond donors (Lipinski definition) is 0. The summed E-state index contributed by atoms with van der Waals surface area (Å²) in [6.07, 6.45) is 1.98. The van der Waals surface area contributed by atoms with E-state index in [1.54, 1.807) is 0 Å². The Bertz CT molecular complexity index is 492. The first-order chi connectivity index (χ1) is 8.69. The molecule has 1 heterocycles. The molecule has 96 valence electrons. The van der Waals surface area contributed by atoms with Gasteiger partial charge in [-0.2, -0.15) is 5.26 Å². The van der Waals surface area contributed by atoms with Gasteiger partial charge in [0.25, 0.3) is 0 Å². The number of nitriles is 1. The molecule has 2 unspecified atom stereocenters. The monoisotopic (exact) mass is 267 g/mol. The molecule has 3 nitrogen and oxygen atoms in total. The largest absolute Gasteiger partial charge is 0.377 e. The SMILES string of the molecule is N#Cc1ccc(F)cc1CS(=O)CC1CCCO1. The first kappa shape index (κ1) is 13.2. The molecular weight excluding hydrogens is 253 g/mol. The second kappa shape index (κ2) is 6.07. The maximum absolute atomic E-state index is 13.1. The lowest BCUT2D eigenvalue weighted by Crippen LogP contribution is -2.17. The van der Waals surface area contributed by atoms with Crippen molar-refractivity contribution in [1.29, 1.82) is 5.26 Å². The summed E-state index contributed by atoms with van der Waals surface area (Å²) < 4.78 is 30.5. The maximum Gasteiger partial charge on any atom is 0.123 e. The molecule has 0 N–H and O–H groups in total.